The van der Waals surface area contributed by atoms with Crippen molar-refractivity contribution in [3.05, 3.63) is 11.6 Å². The summed E-state index contributed by atoms with van der Waals surface area (Å²) in [4.78, 5) is 35.6. The number of fused-ring (bicyclic) bond motifs is 5. The van der Waals surface area contributed by atoms with Crippen LogP contribution in [0.1, 0.15) is 78.6 Å². The second-order valence-electron chi connectivity index (χ2n) is 10.9. The van der Waals surface area contributed by atoms with Crippen molar-refractivity contribution >= 4 is 17.5 Å². The highest BCUT2D eigenvalue weighted by Gasteiger charge is 2.63. The standard InChI is InChI=1S/C25H36O6/c1-14(26)18-6-7-19-17-5-4-15-12-16(27)10-11-24(15,2)23(17)20(13-25(18,19)3)31-22(30)9-8-21(28)29/h12,17-20,22-23,30H,4-11,13H2,1-3H3,(H,28,29)/t17-,18?,19-,20+,22?,23+,24-,25+/m0/s1. The molecule has 0 aliphatic heterocycles. The van der Waals surface area contributed by atoms with Gasteiger partial charge >= 0.3 is 5.97 Å². The third-order valence-electron chi connectivity index (χ3n) is 9.30. The Morgan fingerprint density at radius 1 is 1.23 bits per heavy atom. The molecule has 2 unspecified atom stereocenters. The first kappa shape index (κ1) is 22.7. The van der Waals surface area contributed by atoms with Gasteiger partial charge in [0.1, 0.15) is 5.78 Å². The van der Waals surface area contributed by atoms with Crippen molar-refractivity contribution in [2.75, 3.05) is 0 Å². The van der Waals surface area contributed by atoms with Crippen molar-refractivity contribution in [3.8, 4) is 0 Å². The largest absolute Gasteiger partial charge is 0.481 e. The predicted molar refractivity (Wildman–Crippen MR) is 114 cm³/mol. The second kappa shape index (κ2) is 8.11. The number of hydrogen-bond donors (Lipinski definition) is 2. The van der Waals surface area contributed by atoms with Crippen molar-refractivity contribution in [3.63, 3.8) is 0 Å². The molecular weight excluding hydrogens is 396 g/mol. The van der Waals surface area contributed by atoms with Gasteiger partial charge in [-0.05, 0) is 80.1 Å². The molecule has 6 heteroatoms. The number of carbonyl (C=O) groups excluding carboxylic acids is 2. The zero-order valence-corrected chi connectivity index (χ0v) is 18.9. The number of Topliss-reactive ketones (excluding diaryl/α,β-unsaturated/α-hetero) is 1. The maximum absolute atomic E-state index is 12.5. The van der Waals surface area contributed by atoms with E-state index >= 15 is 0 Å². The molecule has 4 rings (SSSR count). The van der Waals surface area contributed by atoms with Gasteiger partial charge in [0.15, 0.2) is 12.1 Å². The monoisotopic (exact) mass is 432 g/mol. The number of aliphatic hydroxyl groups is 1. The molecule has 4 aliphatic rings. The minimum absolute atomic E-state index is 0.0124. The van der Waals surface area contributed by atoms with Crippen molar-refractivity contribution in [2.24, 2.45) is 34.5 Å². The van der Waals surface area contributed by atoms with E-state index in [9.17, 15) is 19.5 Å². The van der Waals surface area contributed by atoms with E-state index in [1.807, 2.05) is 6.08 Å². The fourth-order valence-corrected chi connectivity index (χ4v) is 7.96. The van der Waals surface area contributed by atoms with E-state index in [0.29, 0.717) is 24.7 Å². The number of hydrogen-bond acceptors (Lipinski definition) is 5. The van der Waals surface area contributed by atoms with Crippen molar-refractivity contribution in [1.29, 1.82) is 0 Å². The van der Waals surface area contributed by atoms with E-state index in [1.165, 1.54) is 5.57 Å². The Balaban J connectivity index is 1.69. The number of carbonyl (C=O) groups is 3. The highest BCUT2D eigenvalue weighted by atomic mass is 16.6. The number of aliphatic hydroxyl groups excluding tert-OH is 1. The Labute approximate surface area is 184 Å². The number of aliphatic carboxylic acids is 1. The van der Waals surface area contributed by atoms with Crippen molar-refractivity contribution in [1.82, 2.24) is 0 Å². The third-order valence-corrected chi connectivity index (χ3v) is 9.30. The molecule has 4 aliphatic carbocycles. The van der Waals surface area contributed by atoms with E-state index in [2.05, 4.69) is 13.8 Å². The number of rotatable bonds is 6. The zero-order valence-electron chi connectivity index (χ0n) is 18.9. The number of carboxylic acid groups (broad SMARTS) is 1. The summed E-state index contributed by atoms with van der Waals surface area (Å²) < 4.78 is 6.22. The van der Waals surface area contributed by atoms with Crippen LogP contribution in [0.2, 0.25) is 0 Å². The fraction of sp³-hybridized carbons (Fsp3) is 0.800. The fourth-order valence-electron chi connectivity index (χ4n) is 7.96. The maximum atomic E-state index is 12.5. The normalized spacial score (nSPS) is 42.8. The van der Waals surface area contributed by atoms with Crippen LogP contribution in [0.5, 0.6) is 0 Å². The third kappa shape index (κ3) is 3.80. The van der Waals surface area contributed by atoms with Gasteiger partial charge in [-0.2, -0.15) is 0 Å². The van der Waals surface area contributed by atoms with Gasteiger partial charge in [0.2, 0.25) is 0 Å². The molecule has 0 spiro atoms. The van der Waals surface area contributed by atoms with Crippen LogP contribution in [-0.2, 0) is 19.1 Å². The van der Waals surface area contributed by atoms with E-state index in [0.717, 1.165) is 32.1 Å². The lowest BCUT2D eigenvalue weighted by molar-refractivity contribution is -0.217. The van der Waals surface area contributed by atoms with Crippen molar-refractivity contribution < 1.29 is 29.3 Å². The number of ether oxygens (including phenoxy) is 1. The lowest BCUT2D eigenvalue weighted by atomic mass is 9.46. The van der Waals surface area contributed by atoms with Crippen molar-refractivity contribution in [2.45, 2.75) is 91.0 Å². The first-order valence-electron chi connectivity index (χ1n) is 11.9. The Morgan fingerprint density at radius 3 is 2.65 bits per heavy atom. The minimum atomic E-state index is -1.14. The Kier molecular flexibility index (Phi) is 5.93. The molecule has 8 atom stereocenters. The Bertz CT molecular complexity index is 802. The average Bonchev–Trinajstić information content (AvgIpc) is 3.03. The summed E-state index contributed by atoms with van der Waals surface area (Å²) in [6, 6.07) is 0. The number of allylic oxidation sites excluding steroid dienone is 1. The molecule has 31 heavy (non-hydrogen) atoms. The van der Waals surface area contributed by atoms with Gasteiger partial charge < -0.3 is 14.9 Å². The van der Waals surface area contributed by atoms with Crippen LogP contribution in [0, 0.1) is 34.5 Å². The predicted octanol–water partition coefficient (Wildman–Crippen LogP) is 3.90. The molecule has 3 fully saturated rings. The molecule has 0 bridgehead atoms. The summed E-state index contributed by atoms with van der Waals surface area (Å²) in [5.41, 5.74) is 0.902. The summed E-state index contributed by atoms with van der Waals surface area (Å²) in [5.74, 6) is 0.489. The van der Waals surface area contributed by atoms with Gasteiger partial charge in [0, 0.05) is 18.8 Å². The lowest BCUT2D eigenvalue weighted by Crippen LogP contribution is -2.58. The molecule has 0 aromatic rings. The van der Waals surface area contributed by atoms with Crippen LogP contribution in [0.25, 0.3) is 0 Å². The van der Waals surface area contributed by atoms with E-state index in [-0.39, 0.29) is 53.2 Å². The van der Waals surface area contributed by atoms with E-state index in [4.69, 9.17) is 9.84 Å². The summed E-state index contributed by atoms with van der Waals surface area (Å²) in [6.45, 7) is 6.17. The van der Waals surface area contributed by atoms with Crippen LogP contribution in [0.4, 0.5) is 0 Å². The summed E-state index contributed by atoms with van der Waals surface area (Å²) in [6.07, 6.45) is 6.24. The van der Waals surface area contributed by atoms with Gasteiger partial charge in [0.25, 0.3) is 0 Å². The molecule has 0 saturated heterocycles. The first-order valence-corrected chi connectivity index (χ1v) is 11.9. The Morgan fingerprint density at radius 2 is 1.97 bits per heavy atom. The van der Waals surface area contributed by atoms with Crippen LogP contribution in [-0.4, -0.2) is 40.1 Å². The quantitative estimate of drug-likeness (QED) is 0.617. The zero-order chi connectivity index (χ0) is 22.6. The van der Waals surface area contributed by atoms with E-state index in [1.54, 1.807) is 6.92 Å². The molecular formula is C25H36O6. The van der Waals surface area contributed by atoms with Gasteiger partial charge in [-0.3, -0.25) is 14.4 Å². The first-order chi connectivity index (χ1) is 14.6. The molecule has 2 N–H and O–H groups in total. The van der Waals surface area contributed by atoms with Crippen LogP contribution in [0.3, 0.4) is 0 Å². The molecule has 6 nitrogen and oxygen atoms in total. The average molecular weight is 433 g/mol. The SMILES string of the molecule is CC(=O)C1CC[C@H]2[C@@H]3CCC4=CC(=O)CC[C@]4(C)[C@H]3[C@H](OC(O)CCC(=O)O)C[C@]12C. The van der Waals surface area contributed by atoms with E-state index < -0.39 is 12.3 Å². The maximum Gasteiger partial charge on any atom is 0.303 e. The molecule has 0 radical (unpaired) electrons. The smallest absolute Gasteiger partial charge is 0.303 e. The molecule has 0 heterocycles. The summed E-state index contributed by atoms with van der Waals surface area (Å²) in [5, 5.41) is 19.5. The summed E-state index contributed by atoms with van der Waals surface area (Å²) in [7, 11) is 0. The molecule has 0 aromatic carbocycles. The van der Waals surface area contributed by atoms with Crippen LogP contribution >= 0.6 is 0 Å². The number of ketones is 2. The molecule has 0 aromatic heterocycles. The molecule has 172 valence electrons. The second-order valence-corrected chi connectivity index (χ2v) is 10.9. The molecule has 3 saturated carbocycles. The molecule has 0 amide bonds. The minimum Gasteiger partial charge on any atom is -0.481 e. The van der Waals surface area contributed by atoms with Gasteiger partial charge in [0.05, 0.1) is 12.5 Å². The Hall–Kier alpha value is -1.53. The lowest BCUT2D eigenvalue weighted by Gasteiger charge is -2.60. The van der Waals surface area contributed by atoms with Crippen LogP contribution < -0.4 is 0 Å². The van der Waals surface area contributed by atoms with Gasteiger partial charge in [-0.25, -0.2) is 0 Å². The summed E-state index contributed by atoms with van der Waals surface area (Å²) >= 11 is 0. The topological polar surface area (TPSA) is 101 Å². The van der Waals surface area contributed by atoms with Gasteiger partial charge in [-0.15, -0.1) is 0 Å². The van der Waals surface area contributed by atoms with Gasteiger partial charge in [-0.1, -0.05) is 19.4 Å². The highest BCUT2D eigenvalue weighted by molar-refractivity contribution is 5.91. The number of carboxylic acids is 1. The highest BCUT2D eigenvalue weighted by Crippen LogP contribution is 2.67. The van der Waals surface area contributed by atoms with Crippen LogP contribution in [0.15, 0.2) is 11.6 Å².